The van der Waals surface area contributed by atoms with Crippen molar-refractivity contribution in [3.8, 4) is 5.75 Å². The molecule has 0 aliphatic carbocycles. The average Bonchev–Trinajstić information content (AvgIpc) is 2.53. The topological polar surface area (TPSA) is 64.3 Å². The van der Waals surface area contributed by atoms with Crippen LogP contribution in [-0.4, -0.2) is 5.91 Å². The molecule has 3 N–H and O–H groups in total. The van der Waals surface area contributed by atoms with Crippen LogP contribution in [0.5, 0.6) is 5.75 Å². The van der Waals surface area contributed by atoms with Gasteiger partial charge in [-0.1, -0.05) is 42.5 Å². The molecular formula is C17H20N2O2. The molecule has 0 aromatic heterocycles. The van der Waals surface area contributed by atoms with E-state index in [4.69, 9.17) is 10.6 Å². The molecule has 4 heteroatoms. The zero-order valence-electron chi connectivity index (χ0n) is 12.3. The number of ether oxygens (including phenoxy) is 1. The van der Waals surface area contributed by atoms with E-state index >= 15 is 0 Å². The van der Waals surface area contributed by atoms with Crippen molar-refractivity contribution in [2.45, 2.75) is 26.4 Å². The normalized spacial score (nSPS) is 11.8. The van der Waals surface area contributed by atoms with Gasteiger partial charge in [0.25, 0.3) is 0 Å². The van der Waals surface area contributed by atoms with Crippen molar-refractivity contribution < 1.29 is 9.53 Å². The van der Waals surface area contributed by atoms with Crippen molar-refractivity contribution in [2.24, 2.45) is 5.84 Å². The van der Waals surface area contributed by atoms with Crippen LogP contribution in [0.3, 0.4) is 0 Å². The van der Waals surface area contributed by atoms with E-state index in [-0.39, 0.29) is 11.8 Å². The Balaban J connectivity index is 2.00. The van der Waals surface area contributed by atoms with Gasteiger partial charge >= 0.3 is 0 Å². The third-order valence-corrected chi connectivity index (χ3v) is 3.50. The van der Waals surface area contributed by atoms with Crippen LogP contribution in [0, 0.1) is 6.92 Å². The van der Waals surface area contributed by atoms with Gasteiger partial charge < -0.3 is 4.74 Å². The predicted octanol–water partition coefficient (Wildman–Crippen LogP) is 2.67. The van der Waals surface area contributed by atoms with Gasteiger partial charge in [0.2, 0.25) is 5.91 Å². The van der Waals surface area contributed by atoms with Gasteiger partial charge in [0.1, 0.15) is 12.4 Å². The van der Waals surface area contributed by atoms with E-state index in [2.05, 4.69) is 5.43 Å². The number of carbonyl (C=O) groups is 1. The molecule has 0 saturated heterocycles. The average molecular weight is 284 g/mol. The molecule has 1 atom stereocenters. The van der Waals surface area contributed by atoms with Crippen LogP contribution in [-0.2, 0) is 11.4 Å². The number of rotatable bonds is 5. The summed E-state index contributed by atoms with van der Waals surface area (Å²) in [6, 6.07) is 15.7. The molecule has 4 nitrogen and oxygen atoms in total. The fourth-order valence-electron chi connectivity index (χ4n) is 2.06. The minimum atomic E-state index is -0.263. The number of amides is 1. The Hall–Kier alpha value is -2.33. The lowest BCUT2D eigenvalue weighted by Crippen LogP contribution is -2.33. The van der Waals surface area contributed by atoms with Gasteiger partial charge in [-0.3, -0.25) is 10.2 Å². The lowest BCUT2D eigenvalue weighted by atomic mass is 9.99. The van der Waals surface area contributed by atoms with Crippen molar-refractivity contribution in [3.63, 3.8) is 0 Å². The lowest BCUT2D eigenvalue weighted by molar-refractivity contribution is -0.122. The summed E-state index contributed by atoms with van der Waals surface area (Å²) in [5, 5.41) is 0. The first kappa shape index (κ1) is 15.1. The zero-order chi connectivity index (χ0) is 15.2. The largest absolute Gasteiger partial charge is 0.489 e. The number of para-hydroxylation sites is 1. The van der Waals surface area contributed by atoms with Crippen LogP contribution in [0.25, 0.3) is 0 Å². The molecule has 2 aromatic rings. The van der Waals surface area contributed by atoms with Crippen molar-refractivity contribution >= 4 is 5.91 Å². The van der Waals surface area contributed by atoms with E-state index in [1.165, 1.54) is 0 Å². The van der Waals surface area contributed by atoms with Crippen LogP contribution in [0.4, 0.5) is 0 Å². The maximum absolute atomic E-state index is 11.5. The van der Waals surface area contributed by atoms with E-state index < -0.39 is 0 Å². The highest BCUT2D eigenvalue weighted by Gasteiger charge is 2.13. The predicted molar refractivity (Wildman–Crippen MR) is 82.7 cm³/mol. The lowest BCUT2D eigenvalue weighted by Gasteiger charge is -2.12. The molecule has 0 saturated carbocycles. The first-order valence-electron chi connectivity index (χ1n) is 6.89. The van der Waals surface area contributed by atoms with Crippen molar-refractivity contribution in [1.82, 2.24) is 5.43 Å². The number of nitrogens with two attached hydrogens (primary N) is 1. The van der Waals surface area contributed by atoms with E-state index in [0.29, 0.717) is 6.61 Å². The molecule has 2 aromatic carbocycles. The molecule has 2 rings (SSSR count). The summed E-state index contributed by atoms with van der Waals surface area (Å²) < 4.78 is 5.79. The highest BCUT2D eigenvalue weighted by Crippen LogP contribution is 2.19. The minimum absolute atomic E-state index is 0.195. The standard InChI is InChI=1S/C17H20N2O2/c1-12-5-3-4-6-16(12)21-11-14-7-9-15(10-8-14)13(2)17(20)19-18/h3-10,13H,11,18H2,1-2H3,(H,19,20). The third kappa shape index (κ3) is 3.83. The number of hydrazine groups is 1. The second kappa shape index (κ2) is 6.90. The van der Waals surface area contributed by atoms with Gasteiger partial charge in [-0.15, -0.1) is 0 Å². The summed E-state index contributed by atoms with van der Waals surface area (Å²) in [5.74, 6) is 5.58. The van der Waals surface area contributed by atoms with Crippen molar-refractivity contribution in [3.05, 3.63) is 65.2 Å². The van der Waals surface area contributed by atoms with Gasteiger partial charge in [0.05, 0.1) is 5.92 Å². The third-order valence-electron chi connectivity index (χ3n) is 3.50. The number of carbonyl (C=O) groups excluding carboxylic acids is 1. The number of benzene rings is 2. The van der Waals surface area contributed by atoms with Crippen LogP contribution in [0.1, 0.15) is 29.5 Å². The van der Waals surface area contributed by atoms with Gasteiger partial charge in [-0.25, -0.2) is 5.84 Å². The molecule has 0 bridgehead atoms. The number of hydrogen-bond donors (Lipinski definition) is 2. The summed E-state index contributed by atoms with van der Waals surface area (Å²) in [6.45, 7) is 4.34. The first-order valence-corrected chi connectivity index (χ1v) is 6.89. The maximum Gasteiger partial charge on any atom is 0.241 e. The van der Waals surface area contributed by atoms with Crippen molar-refractivity contribution in [2.75, 3.05) is 0 Å². The molecule has 0 spiro atoms. The summed E-state index contributed by atoms with van der Waals surface area (Å²) in [6.07, 6.45) is 0. The summed E-state index contributed by atoms with van der Waals surface area (Å²) in [5.41, 5.74) is 5.27. The molecular weight excluding hydrogens is 264 g/mol. The summed E-state index contributed by atoms with van der Waals surface area (Å²) >= 11 is 0. The Morgan fingerprint density at radius 3 is 2.48 bits per heavy atom. The van der Waals surface area contributed by atoms with Crippen LogP contribution < -0.4 is 16.0 Å². The quantitative estimate of drug-likeness (QED) is 0.504. The molecule has 0 radical (unpaired) electrons. The van der Waals surface area contributed by atoms with Crippen LogP contribution in [0.15, 0.2) is 48.5 Å². The van der Waals surface area contributed by atoms with E-state index in [1.54, 1.807) is 0 Å². The molecule has 1 unspecified atom stereocenters. The minimum Gasteiger partial charge on any atom is -0.489 e. The molecule has 110 valence electrons. The van der Waals surface area contributed by atoms with Gasteiger partial charge in [0.15, 0.2) is 0 Å². The second-order valence-electron chi connectivity index (χ2n) is 5.03. The Labute approximate surface area is 124 Å². The Bertz CT molecular complexity index is 608. The number of nitrogens with one attached hydrogen (secondary N) is 1. The molecule has 0 aliphatic rings. The fraction of sp³-hybridized carbons (Fsp3) is 0.235. The molecule has 0 fully saturated rings. The SMILES string of the molecule is Cc1ccccc1OCc1ccc(C(C)C(=O)NN)cc1. The highest BCUT2D eigenvalue weighted by atomic mass is 16.5. The Kier molecular flexibility index (Phi) is 4.95. The van der Waals surface area contributed by atoms with E-state index in [9.17, 15) is 4.79 Å². The monoisotopic (exact) mass is 284 g/mol. The molecule has 0 heterocycles. The zero-order valence-corrected chi connectivity index (χ0v) is 12.3. The fourth-order valence-corrected chi connectivity index (χ4v) is 2.06. The Morgan fingerprint density at radius 2 is 1.86 bits per heavy atom. The number of hydrogen-bond acceptors (Lipinski definition) is 3. The first-order chi connectivity index (χ1) is 10.1. The molecule has 21 heavy (non-hydrogen) atoms. The van der Waals surface area contributed by atoms with Gasteiger partial charge in [-0.2, -0.15) is 0 Å². The highest BCUT2D eigenvalue weighted by molar-refractivity contribution is 5.82. The number of aryl methyl sites for hydroxylation is 1. The van der Waals surface area contributed by atoms with Crippen LogP contribution in [0.2, 0.25) is 0 Å². The van der Waals surface area contributed by atoms with E-state index in [1.807, 2.05) is 62.4 Å². The maximum atomic E-state index is 11.5. The molecule has 0 aliphatic heterocycles. The second-order valence-corrected chi connectivity index (χ2v) is 5.03. The molecule has 1 amide bonds. The summed E-state index contributed by atoms with van der Waals surface area (Å²) in [4.78, 5) is 11.5. The Morgan fingerprint density at radius 1 is 1.19 bits per heavy atom. The summed E-state index contributed by atoms with van der Waals surface area (Å²) in [7, 11) is 0. The van der Waals surface area contributed by atoms with Crippen molar-refractivity contribution in [1.29, 1.82) is 0 Å². The van der Waals surface area contributed by atoms with Crippen LogP contribution >= 0.6 is 0 Å². The van der Waals surface area contributed by atoms with Gasteiger partial charge in [-0.05, 0) is 36.6 Å². The van der Waals surface area contributed by atoms with Gasteiger partial charge in [0, 0.05) is 0 Å². The van der Waals surface area contributed by atoms with E-state index in [0.717, 1.165) is 22.4 Å². The smallest absolute Gasteiger partial charge is 0.241 e.